The van der Waals surface area contributed by atoms with Crippen molar-refractivity contribution in [2.45, 2.75) is 18.4 Å². The van der Waals surface area contributed by atoms with Crippen LogP contribution >= 0.6 is 0 Å². The molecular formula is C12H10N4O. The van der Waals surface area contributed by atoms with Crippen molar-refractivity contribution in [2.24, 2.45) is 4.99 Å². The topological polar surface area (TPSA) is 60.1 Å². The Morgan fingerprint density at radius 3 is 2.71 bits per heavy atom. The highest BCUT2D eigenvalue weighted by Crippen LogP contribution is 2.48. The number of aliphatic imine (C=N–C) groups is 1. The summed E-state index contributed by atoms with van der Waals surface area (Å²) in [7, 11) is 0. The Balaban J connectivity index is 1.97. The minimum atomic E-state index is -0.450. The number of rotatable bonds is 3. The zero-order valence-corrected chi connectivity index (χ0v) is 9.08. The van der Waals surface area contributed by atoms with Crippen molar-refractivity contribution in [3.05, 3.63) is 42.2 Å². The first-order chi connectivity index (χ1) is 8.34. The molecule has 0 saturated heterocycles. The molecule has 1 aliphatic carbocycles. The third kappa shape index (κ3) is 1.66. The van der Waals surface area contributed by atoms with Gasteiger partial charge < -0.3 is 0 Å². The first-order valence-electron chi connectivity index (χ1n) is 5.41. The summed E-state index contributed by atoms with van der Waals surface area (Å²) in [6.07, 6.45) is 5.12. The van der Waals surface area contributed by atoms with Crippen LogP contribution in [0.2, 0.25) is 0 Å². The van der Waals surface area contributed by atoms with Gasteiger partial charge in [0.1, 0.15) is 11.2 Å². The Hall–Kier alpha value is -2.26. The Morgan fingerprint density at radius 2 is 2.06 bits per heavy atom. The molecule has 0 spiro atoms. The van der Waals surface area contributed by atoms with Crippen molar-refractivity contribution in [3.8, 4) is 5.69 Å². The number of carbonyl (C=O) groups excluding carboxylic acids is 1. The molecule has 1 heterocycles. The summed E-state index contributed by atoms with van der Waals surface area (Å²) in [6.45, 7) is 0. The lowest BCUT2D eigenvalue weighted by molar-refractivity contribution is 0.555. The molecule has 84 valence electrons. The Labute approximate surface area is 97.8 Å². The van der Waals surface area contributed by atoms with Crippen LogP contribution in [0.4, 0.5) is 0 Å². The minimum Gasteiger partial charge on any atom is -0.220 e. The minimum absolute atomic E-state index is 0.450. The molecule has 0 atom stereocenters. The van der Waals surface area contributed by atoms with E-state index in [2.05, 4.69) is 15.3 Å². The Kier molecular flexibility index (Phi) is 2.13. The smallest absolute Gasteiger partial charge is 0.220 e. The van der Waals surface area contributed by atoms with Crippen molar-refractivity contribution in [3.63, 3.8) is 0 Å². The molecule has 5 heteroatoms. The SMILES string of the molecule is O=C=NC1(c2cn(-c3ccccc3)nn2)CC1. The second-order valence-corrected chi connectivity index (χ2v) is 4.12. The molecule has 2 aromatic rings. The lowest BCUT2D eigenvalue weighted by Crippen LogP contribution is -2.02. The van der Waals surface area contributed by atoms with E-state index in [1.165, 1.54) is 0 Å². The molecule has 1 aromatic carbocycles. The fourth-order valence-corrected chi connectivity index (χ4v) is 1.81. The molecule has 0 aliphatic heterocycles. The van der Waals surface area contributed by atoms with Gasteiger partial charge in [0.2, 0.25) is 6.08 Å². The van der Waals surface area contributed by atoms with Gasteiger partial charge in [0.25, 0.3) is 0 Å². The maximum Gasteiger partial charge on any atom is 0.235 e. The van der Waals surface area contributed by atoms with Gasteiger partial charge in [-0.1, -0.05) is 23.4 Å². The molecule has 1 saturated carbocycles. The number of hydrogen-bond acceptors (Lipinski definition) is 4. The third-order valence-electron chi connectivity index (χ3n) is 2.97. The number of isocyanates is 1. The third-order valence-corrected chi connectivity index (χ3v) is 2.97. The van der Waals surface area contributed by atoms with Gasteiger partial charge in [0.15, 0.2) is 0 Å². The van der Waals surface area contributed by atoms with Gasteiger partial charge in [-0.25, -0.2) is 9.48 Å². The molecule has 1 aliphatic rings. The highest BCUT2D eigenvalue weighted by molar-refractivity contribution is 5.39. The van der Waals surface area contributed by atoms with Gasteiger partial charge in [0.05, 0.1) is 11.9 Å². The highest BCUT2D eigenvalue weighted by atomic mass is 16.1. The van der Waals surface area contributed by atoms with E-state index in [0.29, 0.717) is 0 Å². The fraction of sp³-hybridized carbons (Fsp3) is 0.250. The number of nitrogens with zero attached hydrogens (tertiary/aromatic N) is 4. The molecule has 3 rings (SSSR count). The monoisotopic (exact) mass is 226 g/mol. The van der Waals surface area contributed by atoms with Crippen LogP contribution in [0.25, 0.3) is 5.69 Å². The van der Waals surface area contributed by atoms with E-state index in [1.807, 2.05) is 36.5 Å². The number of benzene rings is 1. The van der Waals surface area contributed by atoms with Crippen LogP contribution in [0, 0.1) is 0 Å². The number of para-hydroxylation sites is 1. The summed E-state index contributed by atoms with van der Waals surface area (Å²) >= 11 is 0. The zero-order valence-electron chi connectivity index (χ0n) is 9.08. The van der Waals surface area contributed by atoms with Crippen molar-refractivity contribution >= 4 is 6.08 Å². The van der Waals surface area contributed by atoms with E-state index < -0.39 is 5.54 Å². The summed E-state index contributed by atoms with van der Waals surface area (Å²) in [5.41, 5.74) is 1.23. The molecule has 5 nitrogen and oxygen atoms in total. The van der Waals surface area contributed by atoms with E-state index in [0.717, 1.165) is 24.2 Å². The van der Waals surface area contributed by atoms with Crippen LogP contribution in [0.1, 0.15) is 18.5 Å². The predicted molar refractivity (Wildman–Crippen MR) is 60.4 cm³/mol. The van der Waals surface area contributed by atoms with E-state index in [1.54, 1.807) is 10.8 Å². The normalized spacial score (nSPS) is 16.2. The summed E-state index contributed by atoms with van der Waals surface area (Å²) in [5.74, 6) is 0. The van der Waals surface area contributed by atoms with Crippen LogP contribution in [-0.4, -0.2) is 21.1 Å². The second kappa shape index (κ2) is 3.64. The summed E-state index contributed by atoms with van der Waals surface area (Å²) < 4.78 is 1.69. The molecule has 0 radical (unpaired) electrons. The molecule has 1 aromatic heterocycles. The van der Waals surface area contributed by atoms with E-state index in [-0.39, 0.29) is 0 Å². The van der Waals surface area contributed by atoms with Crippen molar-refractivity contribution in [1.82, 2.24) is 15.0 Å². The Morgan fingerprint density at radius 1 is 1.29 bits per heavy atom. The zero-order chi connectivity index (χ0) is 11.7. The van der Waals surface area contributed by atoms with Crippen LogP contribution < -0.4 is 0 Å². The summed E-state index contributed by atoms with van der Waals surface area (Å²) in [4.78, 5) is 14.2. The molecular weight excluding hydrogens is 216 g/mol. The molecule has 17 heavy (non-hydrogen) atoms. The number of hydrogen-bond donors (Lipinski definition) is 0. The van der Waals surface area contributed by atoms with Crippen LogP contribution in [-0.2, 0) is 10.3 Å². The average Bonchev–Trinajstić information content (AvgIpc) is 2.98. The number of aromatic nitrogens is 3. The average molecular weight is 226 g/mol. The fourth-order valence-electron chi connectivity index (χ4n) is 1.81. The molecule has 0 amide bonds. The van der Waals surface area contributed by atoms with Crippen molar-refractivity contribution in [2.75, 3.05) is 0 Å². The van der Waals surface area contributed by atoms with E-state index in [4.69, 9.17) is 0 Å². The second-order valence-electron chi connectivity index (χ2n) is 4.12. The maximum atomic E-state index is 10.4. The largest absolute Gasteiger partial charge is 0.235 e. The van der Waals surface area contributed by atoms with Gasteiger partial charge in [-0.15, -0.1) is 5.10 Å². The van der Waals surface area contributed by atoms with Gasteiger partial charge in [-0.2, -0.15) is 4.99 Å². The van der Waals surface area contributed by atoms with Gasteiger partial charge >= 0.3 is 0 Å². The maximum absolute atomic E-state index is 10.4. The van der Waals surface area contributed by atoms with Crippen LogP contribution in [0.15, 0.2) is 41.5 Å². The van der Waals surface area contributed by atoms with Gasteiger partial charge in [0, 0.05) is 0 Å². The molecule has 0 bridgehead atoms. The van der Waals surface area contributed by atoms with Crippen LogP contribution in [0.3, 0.4) is 0 Å². The predicted octanol–water partition coefficient (Wildman–Crippen LogP) is 1.59. The molecule has 0 N–H and O–H groups in total. The van der Waals surface area contributed by atoms with Gasteiger partial charge in [-0.05, 0) is 25.0 Å². The molecule has 1 fully saturated rings. The standard InChI is InChI=1S/C12H10N4O/c17-9-13-12(6-7-12)11-8-16(15-14-11)10-4-2-1-3-5-10/h1-5,8H,6-7H2. The Bertz CT molecular complexity index is 580. The van der Waals surface area contributed by atoms with Crippen LogP contribution in [0.5, 0.6) is 0 Å². The van der Waals surface area contributed by atoms with Gasteiger partial charge in [-0.3, -0.25) is 0 Å². The van der Waals surface area contributed by atoms with Crippen molar-refractivity contribution in [1.29, 1.82) is 0 Å². The van der Waals surface area contributed by atoms with E-state index in [9.17, 15) is 4.79 Å². The summed E-state index contributed by atoms with van der Waals surface area (Å²) in [5, 5.41) is 8.14. The first kappa shape index (κ1) is 9.93. The quantitative estimate of drug-likeness (QED) is 0.589. The van der Waals surface area contributed by atoms with Crippen molar-refractivity contribution < 1.29 is 4.79 Å². The lowest BCUT2D eigenvalue weighted by Gasteiger charge is -2.00. The first-order valence-corrected chi connectivity index (χ1v) is 5.41. The molecule has 0 unspecified atom stereocenters. The lowest BCUT2D eigenvalue weighted by atomic mass is 10.2. The van der Waals surface area contributed by atoms with E-state index >= 15 is 0 Å². The summed E-state index contributed by atoms with van der Waals surface area (Å²) in [6, 6.07) is 9.71. The highest BCUT2D eigenvalue weighted by Gasteiger charge is 2.47.